The largest absolute Gasteiger partial charge is 0.467 e. The average molecular weight is 327 g/mol. The molecule has 1 rings (SSSR count). The minimum Gasteiger partial charge on any atom is -0.467 e. The van der Waals surface area contributed by atoms with E-state index in [1.54, 1.807) is 0 Å². The Labute approximate surface area is 143 Å². The summed E-state index contributed by atoms with van der Waals surface area (Å²) >= 11 is 0. The highest BCUT2D eigenvalue weighted by Gasteiger charge is 2.69. The Morgan fingerprint density at radius 2 is 1.22 bits per heavy atom. The summed E-state index contributed by atoms with van der Waals surface area (Å²) in [6.07, 6.45) is 16.7. The van der Waals surface area contributed by atoms with Crippen molar-refractivity contribution in [1.82, 2.24) is 0 Å². The van der Waals surface area contributed by atoms with Gasteiger partial charge in [-0.05, 0) is 26.7 Å². The van der Waals surface area contributed by atoms with Gasteiger partial charge in [-0.15, -0.1) is 0 Å². The zero-order chi connectivity index (χ0) is 17.2. The molecule has 0 aromatic rings. The molecule has 0 aliphatic carbocycles. The van der Waals surface area contributed by atoms with Crippen LogP contribution in [0.15, 0.2) is 0 Å². The predicted molar refractivity (Wildman–Crippen MR) is 95.6 cm³/mol. The first-order valence-corrected chi connectivity index (χ1v) is 9.79. The number of unbranched alkanes of at least 4 members (excludes halogenated alkanes) is 11. The highest BCUT2D eigenvalue weighted by molar-refractivity contribution is 5.84. The van der Waals surface area contributed by atoms with Gasteiger partial charge in [0.2, 0.25) is 0 Å². The first-order valence-electron chi connectivity index (χ1n) is 9.79. The molecule has 0 aromatic carbocycles. The monoisotopic (exact) mass is 326 g/mol. The second kappa shape index (κ2) is 10.3. The molecule has 0 bridgehead atoms. The van der Waals surface area contributed by atoms with Crippen molar-refractivity contribution in [3.8, 4) is 0 Å². The van der Waals surface area contributed by atoms with Gasteiger partial charge in [0.1, 0.15) is 5.60 Å². The van der Waals surface area contributed by atoms with Crippen molar-refractivity contribution >= 4 is 5.97 Å². The van der Waals surface area contributed by atoms with Crippen LogP contribution in [-0.2, 0) is 14.3 Å². The number of carbonyl (C=O) groups is 1. The van der Waals surface area contributed by atoms with Crippen molar-refractivity contribution in [2.75, 3.05) is 7.11 Å². The summed E-state index contributed by atoms with van der Waals surface area (Å²) in [5.41, 5.74) is -1.02. The van der Waals surface area contributed by atoms with Crippen LogP contribution in [0.3, 0.4) is 0 Å². The summed E-state index contributed by atoms with van der Waals surface area (Å²) < 4.78 is 10.6. The second-order valence-electron chi connectivity index (χ2n) is 7.57. The number of carbonyl (C=O) groups excluding carboxylic acids is 1. The molecular weight excluding hydrogens is 288 g/mol. The molecule has 1 saturated heterocycles. The van der Waals surface area contributed by atoms with Crippen LogP contribution in [0, 0.1) is 0 Å². The van der Waals surface area contributed by atoms with Crippen molar-refractivity contribution in [2.45, 2.75) is 115 Å². The Hall–Kier alpha value is -0.570. The van der Waals surface area contributed by atoms with Gasteiger partial charge in [-0.3, -0.25) is 0 Å². The lowest BCUT2D eigenvalue weighted by molar-refractivity contribution is -0.147. The van der Waals surface area contributed by atoms with Crippen LogP contribution < -0.4 is 0 Å². The molecule has 0 radical (unpaired) electrons. The number of methoxy groups -OCH3 is 1. The molecule has 0 N–H and O–H groups in total. The molecule has 1 heterocycles. The molecule has 0 aromatic heterocycles. The molecule has 3 heteroatoms. The summed E-state index contributed by atoms with van der Waals surface area (Å²) in [7, 11) is 1.45. The molecule has 1 aliphatic heterocycles. The SMILES string of the molecule is CCCCCCCCCCCCCCC1(C(=O)OC)OC1(C)C. The van der Waals surface area contributed by atoms with E-state index in [0.717, 1.165) is 12.8 Å². The fraction of sp³-hybridized carbons (Fsp3) is 0.950. The van der Waals surface area contributed by atoms with Gasteiger partial charge < -0.3 is 9.47 Å². The second-order valence-corrected chi connectivity index (χ2v) is 7.57. The minimum atomic E-state index is -0.666. The summed E-state index contributed by atoms with van der Waals surface area (Å²) in [6, 6.07) is 0. The van der Waals surface area contributed by atoms with E-state index in [4.69, 9.17) is 9.47 Å². The van der Waals surface area contributed by atoms with Crippen LogP contribution in [0.25, 0.3) is 0 Å². The quantitative estimate of drug-likeness (QED) is 0.230. The van der Waals surface area contributed by atoms with Gasteiger partial charge in [0.15, 0.2) is 5.60 Å². The molecule has 1 unspecified atom stereocenters. The highest BCUT2D eigenvalue weighted by Crippen LogP contribution is 2.51. The first-order chi connectivity index (χ1) is 11.0. The van der Waals surface area contributed by atoms with Crippen molar-refractivity contribution < 1.29 is 14.3 Å². The van der Waals surface area contributed by atoms with Gasteiger partial charge in [0.25, 0.3) is 0 Å². The summed E-state index contributed by atoms with van der Waals surface area (Å²) in [5.74, 6) is -0.203. The first kappa shape index (κ1) is 20.5. The van der Waals surface area contributed by atoms with E-state index >= 15 is 0 Å². The lowest BCUT2D eigenvalue weighted by atomic mass is 9.90. The van der Waals surface area contributed by atoms with Crippen LogP contribution in [0.1, 0.15) is 104 Å². The van der Waals surface area contributed by atoms with Crippen LogP contribution >= 0.6 is 0 Å². The summed E-state index contributed by atoms with van der Waals surface area (Å²) in [5, 5.41) is 0. The number of ether oxygens (including phenoxy) is 2. The number of hydrogen-bond acceptors (Lipinski definition) is 3. The Morgan fingerprint density at radius 1 is 0.826 bits per heavy atom. The lowest BCUT2D eigenvalue weighted by Gasteiger charge is -2.12. The maximum atomic E-state index is 11.9. The van der Waals surface area contributed by atoms with Crippen molar-refractivity contribution in [3.63, 3.8) is 0 Å². The molecular formula is C20H38O3. The average Bonchev–Trinajstić information content (AvgIpc) is 3.10. The third kappa shape index (κ3) is 6.45. The Kier molecular flexibility index (Phi) is 9.19. The Bertz CT molecular complexity index is 338. The van der Waals surface area contributed by atoms with Crippen LogP contribution in [-0.4, -0.2) is 24.3 Å². The summed E-state index contributed by atoms with van der Waals surface area (Å²) in [4.78, 5) is 11.9. The standard InChI is InChI=1S/C20H38O3/c1-5-6-7-8-9-10-11-12-13-14-15-16-17-20(18(21)22-4)19(2,3)23-20/h5-17H2,1-4H3. The van der Waals surface area contributed by atoms with Gasteiger partial charge in [0, 0.05) is 0 Å². The minimum absolute atomic E-state index is 0.203. The molecule has 136 valence electrons. The normalized spacial score (nSPS) is 22.1. The molecule has 1 aliphatic rings. The van der Waals surface area contributed by atoms with Crippen molar-refractivity contribution in [3.05, 3.63) is 0 Å². The third-order valence-electron chi connectivity index (χ3n) is 5.26. The molecule has 1 fully saturated rings. The number of hydrogen-bond donors (Lipinski definition) is 0. The van der Waals surface area contributed by atoms with E-state index in [-0.39, 0.29) is 11.6 Å². The van der Waals surface area contributed by atoms with E-state index < -0.39 is 5.60 Å². The lowest BCUT2D eigenvalue weighted by Crippen LogP contribution is -2.32. The zero-order valence-electron chi connectivity index (χ0n) is 15.9. The van der Waals surface area contributed by atoms with E-state index in [1.165, 1.54) is 77.7 Å². The molecule has 0 amide bonds. The molecule has 3 nitrogen and oxygen atoms in total. The molecule has 1 atom stereocenters. The van der Waals surface area contributed by atoms with E-state index in [2.05, 4.69) is 6.92 Å². The smallest absolute Gasteiger partial charge is 0.341 e. The van der Waals surface area contributed by atoms with Gasteiger partial charge in [-0.25, -0.2) is 4.79 Å². The van der Waals surface area contributed by atoms with Crippen molar-refractivity contribution in [1.29, 1.82) is 0 Å². The maximum absolute atomic E-state index is 11.9. The molecule has 0 spiro atoms. The van der Waals surface area contributed by atoms with E-state index in [1.807, 2.05) is 13.8 Å². The van der Waals surface area contributed by atoms with Crippen LogP contribution in [0.2, 0.25) is 0 Å². The molecule has 23 heavy (non-hydrogen) atoms. The Morgan fingerprint density at radius 3 is 1.57 bits per heavy atom. The number of rotatable bonds is 14. The molecule has 0 saturated carbocycles. The van der Waals surface area contributed by atoms with Gasteiger partial charge in [-0.2, -0.15) is 0 Å². The number of epoxide rings is 1. The van der Waals surface area contributed by atoms with Gasteiger partial charge in [0.05, 0.1) is 7.11 Å². The zero-order valence-corrected chi connectivity index (χ0v) is 15.9. The third-order valence-corrected chi connectivity index (χ3v) is 5.26. The fourth-order valence-electron chi connectivity index (χ4n) is 3.53. The van der Waals surface area contributed by atoms with Crippen molar-refractivity contribution in [2.24, 2.45) is 0 Å². The maximum Gasteiger partial charge on any atom is 0.341 e. The van der Waals surface area contributed by atoms with E-state index in [0.29, 0.717) is 0 Å². The topological polar surface area (TPSA) is 38.8 Å². The van der Waals surface area contributed by atoms with Crippen LogP contribution in [0.4, 0.5) is 0 Å². The van der Waals surface area contributed by atoms with Gasteiger partial charge in [-0.1, -0.05) is 77.6 Å². The van der Waals surface area contributed by atoms with E-state index in [9.17, 15) is 4.79 Å². The Balaban J connectivity index is 1.95. The predicted octanol–water partition coefficient (Wildman–Crippen LogP) is 5.80. The fourth-order valence-corrected chi connectivity index (χ4v) is 3.53. The summed E-state index contributed by atoms with van der Waals surface area (Å²) in [6.45, 7) is 6.22. The van der Waals surface area contributed by atoms with Gasteiger partial charge >= 0.3 is 5.97 Å². The highest BCUT2D eigenvalue weighted by atomic mass is 16.7. The van der Waals surface area contributed by atoms with Crippen LogP contribution in [0.5, 0.6) is 0 Å². The number of esters is 1.